The molecule has 2 N–H and O–H groups in total. The van der Waals surface area contributed by atoms with E-state index in [1.807, 2.05) is 54.6 Å². The number of anilines is 1. The quantitative estimate of drug-likeness (QED) is 0.606. The van der Waals surface area contributed by atoms with E-state index in [0.29, 0.717) is 22.3 Å². The molecule has 0 saturated carbocycles. The van der Waals surface area contributed by atoms with E-state index in [2.05, 4.69) is 16.0 Å². The second-order valence-electron chi connectivity index (χ2n) is 5.55. The van der Waals surface area contributed by atoms with Gasteiger partial charge in [-0.1, -0.05) is 42.5 Å². The Balaban J connectivity index is 1.92. The van der Waals surface area contributed by atoms with Crippen molar-refractivity contribution in [1.82, 2.24) is 15.0 Å². The number of pyridine rings is 1. The molecule has 0 aliphatic heterocycles. The number of fused-ring (bicyclic) bond motifs is 1. The summed E-state index contributed by atoms with van der Waals surface area (Å²) < 4.78 is 0. The van der Waals surface area contributed by atoms with E-state index in [4.69, 9.17) is 16.0 Å². The summed E-state index contributed by atoms with van der Waals surface area (Å²) in [4.78, 5) is 13.4. The summed E-state index contributed by atoms with van der Waals surface area (Å²) in [6.07, 6.45) is 0. The first kappa shape index (κ1) is 14.8. The SMILES string of the molecule is N#Cc1ccc(-c2ccc3nc(N)nc(-c4ccccc4)c3n2)cc1. The molecular formula is C20H13N5. The number of hydrogen-bond donors (Lipinski definition) is 1. The van der Waals surface area contributed by atoms with Crippen molar-refractivity contribution in [2.45, 2.75) is 0 Å². The average Bonchev–Trinajstić information content (AvgIpc) is 2.68. The van der Waals surface area contributed by atoms with Crippen molar-refractivity contribution in [1.29, 1.82) is 5.26 Å². The summed E-state index contributed by atoms with van der Waals surface area (Å²) in [7, 11) is 0. The van der Waals surface area contributed by atoms with Crippen LogP contribution in [0, 0.1) is 11.3 Å². The third kappa shape index (κ3) is 2.77. The zero-order valence-corrected chi connectivity index (χ0v) is 13.2. The molecule has 118 valence electrons. The van der Waals surface area contributed by atoms with Crippen LogP contribution in [0.4, 0.5) is 5.95 Å². The van der Waals surface area contributed by atoms with Crippen molar-refractivity contribution in [3.05, 3.63) is 72.3 Å². The van der Waals surface area contributed by atoms with Crippen LogP contribution in [0.2, 0.25) is 0 Å². The van der Waals surface area contributed by atoms with Gasteiger partial charge in [0.2, 0.25) is 5.95 Å². The number of nitrogen functional groups attached to an aromatic ring is 1. The van der Waals surface area contributed by atoms with Gasteiger partial charge in [-0.3, -0.25) is 0 Å². The average molecular weight is 323 g/mol. The first-order chi connectivity index (χ1) is 12.2. The van der Waals surface area contributed by atoms with Gasteiger partial charge in [-0.05, 0) is 24.3 Å². The second-order valence-corrected chi connectivity index (χ2v) is 5.55. The normalized spacial score (nSPS) is 10.5. The fraction of sp³-hybridized carbons (Fsp3) is 0. The van der Waals surface area contributed by atoms with Crippen LogP contribution in [0.15, 0.2) is 66.7 Å². The number of benzene rings is 2. The standard InChI is InChI=1S/C20H13N5/c21-12-13-6-8-14(9-7-13)16-10-11-17-19(23-16)18(25-20(22)24-17)15-4-2-1-3-5-15/h1-11H,(H2,22,24,25). The summed E-state index contributed by atoms with van der Waals surface area (Å²) in [6, 6.07) is 23.0. The van der Waals surface area contributed by atoms with E-state index >= 15 is 0 Å². The molecule has 0 radical (unpaired) electrons. The van der Waals surface area contributed by atoms with Gasteiger partial charge in [0.1, 0.15) is 11.2 Å². The Morgan fingerprint density at radius 3 is 2.24 bits per heavy atom. The van der Waals surface area contributed by atoms with Gasteiger partial charge in [0.05, 0.1) is 22.8 Å². The van der Waals surface area contributed by atoms with E-state index in [9.17, 15) is 0 Å². The zero-order valence-electron chi connectivity index (χ0n) is 13.2. The van der Waals surface area contributed by atoms with E-state index in [1.165, 1.54) is 0 Å². The number of hydrogen-bond acceptors (Lipinski definition) is 5. The largest absolute Gasteiger partial charge is 0.368 e. The summed E-state index contributed by atoms with van der Waals surface area (Å²) in [5.41, 5.74) is 11.2. The minimum Gasteiger partial charge on any atom is -0.368 e. The number of aromatic nitrogens is 3. The maximum atomic E-state index is 8.93. The van der Waals surface area contributed by atoms with E-state index < -0.39 is 0 Å². The molecule has 2 heterocycles. The molecule has 0 amide bonds. The molecule has 2 aromatic heterocycles. The Morgan fingerprint density at radius 2 is 1.52 bits per heavy atom. The van der Waals surface area contributed by atoms with Crippen molar-refractivity contribution < 1.29 is 0 Å². The number of nitriles is 1. The van der Waals surface area contributed by atoms with Gasteiger partial charge in [-0.25, -0.2) is 15.0 Å². The highest BCUT2D eigenvalue weighted by Gasteiger charge is 2.11. The molecular weight excluding hydrogens is 310 g/mol. The Hall–Kier alpha value is -3.78. The molecule has 0 aliphatic rings. The smallest absolute Gasteiger partial charge is 0.221 e. The van der Waals surface area contributed by atoms with Crippen LogP contribution in [0.25, 0.3) is 33.5 Å². The van der Waals surface area contributed by atoms with Crippen LogP contribution in [0.5, 0.6) is 0 Å². The van der Waals surface area contributed by atoms with E-state index in [1.54, 1.807) is 12.1 Å². The lowest BCUT2D eigenvalue weighted by Crippen LogP contribution is -2.00. The molecule has 25 heavy (non-hydrogen) atoms. The highest BCUT2D eigenvalue weighted by Crippen LogP contribution is 2.28. The molecule has 0 spiro atoms. The number of nitrogens with two attached hydrogens (primary N) is 1. The van der Waals surface area contributed by atoms with Gasteiger partial charge in [0, 0.05) is 11.1 Å². The lowest BCUT2D eigenvalue weighted by Gasteiger charge is -2.08. The first-order valence-corrected chi connectivity index (χ1v) is 7.75. The van der Waals surface area contributed by atoms with Gasteiger partial charge >= 0.3 is 0 Å². The lowest BCUT2D eigenvalue weighted by molar-refractivity contribution is 1.21. The lowest BCUT2D eigenvalue weighted by atomic mass is 10.1. The fourth-order valence-corrected chi connectivity index (χ4v) is 2.71. The highest BCUT2D eigenvalue weighted by atomic mass is 15.0. The molecule has 4 rings (SSSR count). The van der Waals surface area contributed by atoms with Crippen LogP contribution in [0.3, 0.4) is 0 Å². The maximum absolute atomic E-state index is 8.93. The van der Waals surface area contributed by atoms with Crippen LogP contribution < -0.4 is 5.73 Å². The third-order valence-corrected chi connectivity index (χ3v) is 3.92. The minimum absolute atomic E-state index is 0.222. The molecule has 0 bridgehead atoms. The predicted molar refractivity (Wildman–Crippen MR) is 97.3 cm³/mol. The van der Waals surface area contributed by atoms with Crippen molar-refractivity contribution in [3.8, 4) is 28.6 Å². The molecule has 0 atom stereocenters. The van der Waals surface area contributed by atoms with Gasteiger partial charge < -0.3 is 5.73 Å². The fourth-order valence-electron chi connectivity index (χ4n) is 2.71. The molecule has 0 aliphatic carbocycles. The Bertz CT molecular complexity index is 1100. The van der Waals surface area contributed by atoms with Crippen LogP contribution >= 0.6 is 0 Å². The molecule has 0 fully saturated rings. The van der Waals surface area contributed by atoms with Crippen LogP contribution in [-0.4, -0.2) is 15.0 Å². The Labute approximate surface area is 144 Å². The molecule has 5 nitrogen and oxygen atoms in total. The minimum atomic E-state index is 0.222. The zero-order chi connectivity index (χ0) is 17.2. The highest BCUT2D eigenvalue weighted by molar-refractivity contribution is 5.91. The van der Waals surface area contributed by atoms with Gasteiger partial charge in [-0.15, -0.1) is 0 Å². The van der Waals surface area contributed by atoms with Gasteiger partial charge in [0.25, 0.3) is 0 Å². The Kier molecular flexibility index (Phi) is 3.56. The van der Waals surface area contributed by atoms with Crippen molar-refractivity contribution in [2.75, 3.05) is 5.73 Å². The molecule has 4 aromatic rings. The maximum Gasteiger partial charge on any atom is 0.221 e. The molecule has 0 unspecified atom stereocenters. The topological polar surface area (TPSA) is 88.5 Å². The molecule has 0 saturated heterocycles. The predicted octanol–water partition coefficient (Wildman–Crippen LogP) is 3.81. The molecule has 2 aromatic carbocycles. The van der Waals surface area contributed by atoms with Gasteiger partial charge in [-0.2, -0.15) is 5.26 Å². The van der Waals surface area contributed by atoms with E-state index in [0.717, 1.165) is 16.8 Å². The monoisotopic (exact) mass is 323 g/mol. The number of rotatable bonds is 2. The summed E-state index contributed by atoms with van der Waals surface area (Å²) in [5, 5.41) is 8.93. The van der Waals surface area contributed by atoms with Crippen molar-refractivity contribution >= 4 is 17.0 Å². The summed E-state index contributed by atoms with van der Waals surface area (Å²) >= 11 is 0. The summed E-state index contributed by atoms with van der Waals surface area (Å²) in [6.45, 7) is 0. The Morgan fingerprint density at radius 1 is 0.760 bits per heavy atom. The third-order valence-electron chi connectivity index (χ3n) is 3.92. The van der Waals surface area contributed by atoms with Crippen molar-refractivity contribution in [3.63, 3.8) is 0 Å². The summed E-state index contributed by atoms with van der Waals surface area (Å²) in [5.74, 6) is 0.222. The molecule has 5 heteroatoms. The van der Waals surface area contributed by atoms with Gasteiger partial charge in [0.15, 0.2) is 0 Å². The van der Waals surface area contributed by atoms with Crippen LogP contribution in [0.1, 0.15) is 5.56 Å². The van der Waals surface area contributed by atoms with E-state index in [-0.39, 0.29) is 5.95 Å². The van der Waals surface area contributed by atoms with Crippen LogP contribution in [-0.2, 0) is 0 Å². The second kappa shape index (κ2) is 6.02. The van der Waals surface area contributed by atoms with Crippen molar-refractivity contribution in [2.24, 2.45) is 0 Å². The number of nitrogens with zero attached hydrogens (tertiary/aromatic N) is 4. The first-order valence-electron chi connectivity index (χ1n) is 7.75.